The van der Waals surface area contributed by atoms with Crippen molar-refractivity contribution in [1.29, 1.82) is 0 Å². The molecule has 2 heterocycles. The van der Waals surface area contributed by atoms with Crippen LogP contribution in [0.2, 0.25) is 0 Å². The summed E-state index contributed by atoms with van der Waals surface area (Å²) in [5.74, 6) is 0.198. The van der Waals surface area contributed by atoms with Crippen molar-refractivity contribution < 1.29 is 9.32 Å². The molecule has 0 aliphatic heterocycles. The van der Waals surface area contributed by atoms with Gasteiger partial charge in [-0.1, -0.05) is 51.4 Å². The van der Waals surface area contributed by atoms with Gasteiger partial charge in [-0.15, -0.1) is 0 Å². The highest BCUT2D eigenvalue weighted by atomic mass is 79.9. The third kappa shape index (κ3) is 4.23. The van der Waals surface area contributed by atoms with Gasteiger partial charge < -0.3 is 14.4 Å². The van der Waals surface area contributed by atoms with Gasteiger partial charge in [0.2, 0.25) is 11.7 Å². The van der Waals surface area contributed by atoms with Crippen LogP contribution in [0.3, 0.4) is 0 Å². The first-order valence-electron chi connectivity index (χ1n) is 9.16. The number of rotatable bonds is 5. The van der Waals surface area contributed by atoms with Gasteiger partial charge in [0.1, 0.15) is 12.1 Å². The maximum atomic E-state index is 12.9. The van der Waals surface area contributed by atoms with Gasteiger partial charge in [-0.2, -0.15) is 4.98 Å². The van der Waals surface area contributed by atoms with Crippen molar-refractivity contribution in [2.75, 3.05) is 5.32 Å². The third-order valence-electron chi connectivity index (χ3n) is 4.48. The second-order valence-electron chi connectivity index (χ2n) is 6.65. The van der Waals surface area contributed by atoms with Crippen LogP contribution in [0.15, 0.2) is 80.7 Å². The zero-order valence-electron chi connectivity index (χ0n) is 16.0. The normalized spacial score (nSPS) is 10.7. The van der Waals surface area contributed by atoms with Crippen LogP contribution in [0.4, 0.5) is 5.69 Å². The molecular formula is C22H17BrN4O3. The van der Waals surface area contributed by atoms with Crippen molar-refractivity contribution in [3.63, 3.8) is 0 Å². The van der Waals surface area contributed by atoms with E-state index in [2.05, 4.69) is 31.4 Å². The molecule has 0 fully saturated rings. The minimum Gasteiger partial charge on any atom is -0.333 e. The number of aryl methyl sites for hydroxylation is 1. The molecule has 4 rings (SSSR count). The van der Waals surface area contributed by atoms with Crippen LogP contribution in [0.1, 0.15) is 5.56 Å². The van der Waals surface area contributed by atoms with Crippen LogP contribution >= 0.6 is 15.9 Å². The Hall–Kier alpha value is -3.52. The number of hydrogen-bond acceptors (Lipinski definition) is 5. The van der Waals surface area contributed by atoms with E-state index in [4.69, 9.17) is 4.52 Å². The van der Waals surface area contributed by atoms with E-state index in [1.165, 1.54) is 4.57 Å². The topological polar surface area (TPSA) is 90.0 Å². The Balaban J connectivity index is 1.57. The number of benzene rings is 2. The summed E-state index contributed by atoms with van der Waals surface area (Å²) in [7, 11) is 0. The molecule has 0 saturated carbocycles. The lowest BCUT2D eigenvalue weighted by atomic mass is 10.1. The number of amides is 1. The van der Waals surface area contributed by atoms with Crippen LogP contribution in [-0.2, 0) is 11.3 Å². The van der Waals surface area contributed by atoms with Gasteiger partial charge >= 0.3 is 0 Å². The maximum absolute atomic E-state index is 12.9. The van der Waals surface area contributed by atoms with Crippen molar-refractivity contribution in [2.45, 2.75) is 13.5 Å². The summed E-state index contributed by atoms with van der Waals surface area (Å²) in [6.45, 7) is 1.81. The lowest BCUT2D eigenvalue weighted by molar-refractivity contribution is -0.116. The zero-order chi connectivity index (χ0) is 21.1. The van der Waals surface area contributed by atoms with Crippen molar-refractivity contribution in [3.05, 3.63) is 87.3 Å². The molecule has 0 aliphatic carbocycles. The van der Waals surface area contributed by atoms with Crippen LogP contribution in [-0.4, -0.2) is 20.6 Å². The molecule has 0 bridgehead atoms. The summed E-state index contributed by atoms with van der Waals surface area (Å²) < 4.78 is 7.48. The Morgan fingerprint density at radius 2 is 1.90 bits per heavy atom. The summed E-state index contributed by atoms with van der Waals surface area (Å²) in [5.41, 5.74) is 2.32. The molecule has 1 amide bonds. The second kappa shape index (κ2) is 8.46. The average molecular weight is 465 g/mol. The SMILES string of the molecule is Cc1ccccc1-c1noc(-c2cccn(CC(=O)Nc3cccc(Br)c3)c2=O)n1. The van der Waals surface area contributed by atoms with Crippen molar-refractivity contribution in [1.82, 2.24) is 14.7 Å². The number of nitrogens with zero attached hydrogens (tertiary/aromatic N) is 3. The number of anilines is 1. The lowest BCUT2D eigenvalue weighted by Gasteiger charge is -2.08. The molecule has 0 unspecified atom stereocenters. The minimum absolute atomic E-state index is 0.111. The molecule has 4 aromatic rings. The number of halogens is 1. The van der Waals surface area contributed by atoms with Gasteiger partial charge in [0.05, 0.1) is 0 Å². The summed E-state index contributed by atoms with van der Waals surface area (Å²) in [5, 5.41) is 6.77. The summed E-state index contributed by atoms with van der Waals surface area (Å²) in [4.78, 5) is 29.6. The van der Waals surface area contributed by atoms with Crippen molar-refractivity contribution in [2.24, 2.45) is 0 Å². The molecule has 0 saturated heterocycles. The van der Waals surface area contributed by atoms with E-state index in [9.17, 15) is 9.59 Å². The van der Waals surface area contributed by atoms with Gasteiger partial charge in [0, 0.05) is 21.9 Å². The molecule has 150 valence electrons. The Labute approximate surface area is 180 Å². The predicted molar refractivity (Wildman–Crippen MR) is 117 cm³/mol. The Bertz CT molecular complexity index is 1280. The molecule has 0 spiro atoms. The molecule has 1 N–H and O–H groups in total. The van der Waals surface area contributed by atoms with Gasteiger partial charge in [-0.3, -0.25) is 9.59 Å². The molecule has 7 nitrogen and oxygen atoms in total. The van der Waals surface area contributed by atoms with E-state index in [1.54, 1.807) is 30.5 Å². The number of carbonyl (C=O) groups excluding carboxylic acids is 1. The molecule has 0 atom stereocenters. The van der Waals surface area contributed by atoms with Crippen LogP contribution in [0.25, 0.3) is 22.8 Å². The van der Waals surface area contributed by atoms with Crippen LogP contribution in [0, 0.1) is 6.92 Å². The first-order valence-corrected chi connectivity index (χ1v) is 9.95. The number of carbonyl (C=O) groups is 1. The molecule has 30 heavy (non-hydrogen) atoms. The van der Waals surface area contributed by atoms with Crippen molar-refractivity contribution in [3.8, 4) is 22.8 Å². The quantitative estimate of drug-likeness (QED) is 0.476. The predicted octanol–water partition coefficient (Wildman–Crippen LogP) is 4.27. The lowest BCUT2D eigenvalue weighted by Crippen LogP contribution is -2.28. The molecular weight excluding hydrogens is 448 g/mol. The van der Waals surface area contributed by atoms with Crippen LogP contribution in [0.5, 0.6) is 0 Å². The molecule has 0 radical (unpaired) electrons. The Morgan fingerprint density at radius 1 is 1.10 bits per heavy atom. The smallest absolute Gasteiger partial charge is 0.263 e. The monoisotopic (exact) mass is 464 g/mol. The van der Waals surface area contributed by atoms with E-state index in [-0.39, 0.29) is 29.5 Å². The highest BCUT2D eigenvalue weighted by Crippen LogP contribution is 2.23. The van der Waals surface area contributed by atoms with E-state index < -0.39 is 0 Å². The first kappa shape index (κ1) is 19.8. The molecule has 2 aromatic heterocycles. The fourth-order valence-corrected chi connectivity index (χ4v) is 3.41. The fraction of sp³-hybridized carbons (Fsp3) is 0.0909. The van der Waals surface area contributed by atoms with Gasteiger partial charge in [0.15, 0.2) is 0 Å². The standard InChI is InChI=1S/C22H17BrN4O3/c1-14-6-2-3-9-17(14)20-25-21(30-26-20)18-10-5-11-27(22(18)29)13-19(28)24-16-8-4-7-15(23)12-16/h2-12H,13H2,1H3,(H,24,28). The van der Waals surface area contributed by atoms with E-state index in [1.807, 2.05) is 43.3 Å². The molecule has 2 aromatic carbocycles. The Morgan fingerprint density at radius 3 is 2.70 bits per heavy atom. The number of pyridine rings is 1. The average Bonchev–Trinajstić information content (AvgIpc) is 3.19. The Kier molecular flexibility index (Phi) is 5.58. The van der Waals surface area contributed by atoms with E-state index in [0.717, 1.165) is 15.6 Å². The minimum atomic E-state index is -0.387. The highest BCUT2D eigenvalue weighted by Gasteiger charge is 2.16. The van der Waals surface area contributed by atoms with E-state index >= 15 is 0 Å². The second-order valence-corrected chi connectivity index (χ2v) is 7.57. The van der Waals surface area contributed by atoms with Gasteiger partial charge in [0.25, 0.3) is 11.4 Å². The number of hydrogen-bond donors (Lipinski definition) is 1. The molecule has 0 aliphatic rings. The molecule has 8 heteroatoms. The zero-order valence-corrected chi connectivity index (χ0v) is 17.6. The van der Waals surface area contributed by atoms with Gasteiger partial charge in [-0.05, 0) is 42.8 Å². The maximum Gasteiger partial charge on any atom is 0.263 e. The summed E-state index contributed by atoms with van der Waals surface area (Å²) >= 11 is 3.36. The first-order chi connectivity index (χ1) is 14.5. The van der Waals surface area contributed by atoms with Crippen LogP contribution < -0.4 is 10.9 Å². The van der Waals surface area contributed by atoms with E-state index in [0.29, 0.717) is 11.5 Å². The fourth-order valence-electron chi connectivity index (χ4n) is 3.01. The highest BCUT2D eigenvalue weighted by molar-refractivity contribution is 9.10. The van der Waals surface area contributed by atoms with Crippen molar-refractivity contribution >= 4 is 27.5 Å². The number of nitrogens with one attached hydrogen (secondary N) is 1. The summed E-state index contributed by atoms with van der Waals surface area (Å²) in [6.07, 6.45) is 1.55. The number of aromatic nitrogens is 3. The van der Waals surface area contributed by atoms with Gasteiger partial charge in [-0.25, -0.2) is 0 Å². The summed E-state index contributed by atoms with van der Waals surface area (Å²) in [6, 6.07) is 18.1. The largest absolute Gasteiger partial charge is 0.333 e. The third-order valence-corrected chi connectivity index (χ3v) is 4.98.